The fourth-order valence-electron chi connectivity index (χ4n) is 3.33. The lowest BCUT2D eigenvalue weighted by molar-refractivity contribution is 0.479. The van der Waals surface area contributed by atoms with Gasteiger partial charge < -0.3 is 4.74 Å². The Balaban J connectivity index is 1.86. The molecule has 0 heterocycles. The minimum absolute atomic E-state index is 0.310. The van der Waals surface area contributed by atoms with Crippen LogP contribution < -0.4 is 9.04 Å². The molecular formula is C26H30NO3S. The standard InChI is InChI=1S/C26H30NO3S/c1-4-5-6-9-20-27(31(28,29)25-18-12-21(2)13-19-25)23-14-16-24(17-15-23)30-26-11-8-7-10-22(26)3/h8,10-19H,4-6,9,20H2,1-3H3. The second-order valence-electron chi connectivity index (χ2n) is 7.74. The lowest BCUT2D eigenvalue weighted by atomic mass is 10.2. The average molecular weight is 437 g/mol. The number of hydrogen-bond donors (Lipinski definition) is 0. The Bertz CT molecular complexity index is 1070. The molecule has 0 aliphatic rings. The SMILES string of the molecule is CCCCCCN(c1ccc(Oc2cc[c]cc2C)cc1)S(=O)(=O)c1ccc(C)cc1. The maximum absolute atomic E-state index is 13.4. The molecule has 0 aliphatic carbocycles. The Labute approximate surface area is 186 Å². The monoisotopic (exact) mass is 436 g/mol. The van der Waals surface area contributed by atoms with Crippen LogP contribution in [-0.4, -0.2) is 15.0 Å². The maximum Gasteiger partial charge on any atom is 0.264 e. The minimum Gasteiger partial charge on any atom is -0.457 e. The highest BCUT2D eigenvalue weighted by Gasteiger charge is 2.24. The summed E-state index contributed by atoms with van der Waals surface area (Å²) in [6.07, 6.45) is 4.02. The van der Waals surface area contributed by atoms with E-state index in [2.05, 4.69) is 13.0 Å². The predicted octanol–water partition coefficient (Wildman–Crippen LogP) is 6.67. The number of aryl methyl sites for hydroxylation is 2. The van der Waals surface area contributed by atoms with Crippen molar-refractivity contribution in [2.75, 3.05) is 10.8 Å². The van der Waals surface area contributed by atoms with Crippen molar-refractivity contribution in [2.45, 2.75) is 51.3 Å². The van der Waals surface area contributed by atoms with Gasteiger partial charge in [0.1, 0.15) is 11.5 Å². The molecule has 1 radical (unpaired) electrons. The van der Waals surface area contributed by atoms with E-state index in [0.29, 0.717) is 22.9 Å². The van der Waals surface area contributed by atoms with Crippen molar-refractivity contribution in [3.8, 4) is 11.5 Å². The van der Waals surface area contributed by atoms with E-state index >= 15 is 0 Å². The molecule has 0 bridgehead atoms. The van der Waals surface area contributed by atoms with Crippen LogP contribution in [0, 0.1) is 19.9 Å². The zero-order chi connectivity index (χ0) is 22.3. The average Bonchev–Trinajstić information content (AvgIpc) is 2.76. The van der Waals surface area contributed by atoms with Gasteiger partial charge in [-0.3, -0.25) is 4.31 Å². The van der Waals surface area contributed by atoms with Gasteiger partial charge in [-0.2, -0.15) is 0 Å². The van der Waals surface area contributed by atoms with Crippen LogP contribution in [0.5, 0.6) is 11.5 Å². The summed E-state index contributed by atoms with van der Waals surface area (Å²) in [5, 5.41) is 0. The predicted molar refractivity (Wildman–Crippen MR) is 126 cm³/mol. The Kier molecular flexibility index (Phi) is 7.75. The number of benzene rings is 3. The minimum atomic E-state index is -3.65. The van der Waals surface area contributed by atoms with E-state index in [4.69, 9.17) is 4.74 Å². The zero-order valence-corrected chi connectivity index (χ0v) is 19.3. The molecule has 0 N–H and O–H groups in total. The molecule has 0 amide bonds. The van der Waals surface area contributed by atoms with Gasteiger partial charge in [-0.15, -0.1) is 0 Å². The molecule has 0 spiro atoms. The van der Waals surface area contributed by atoms with Crippen LogP contribution in [-0.2, 0) is 10.0 Å². The summed E-state index contributed by atoms with van der Waals surface area (Å²) in [6, 6.07) is 22.8. The van der Waals surface area contributed by atoms with E-state index in [0.717, 1.165) is 42.6 Å². The molecule has 0 aromatic heterocycles. The van der Waals surface area contributed by atoms with Crippen LogP contribution in [0.25, 0.3) is 0 Å². The van der Waals surface area contributed by atoms with Gasteiger partial charge in [0, 0.05) is 6.54 Å². The molecule has 163 valence electrons. The highest BCUT2D eigenvalue weighted by Crippen LogP contribution is 2.29. The Morgan fingerprint density at radius 2 is 1.61 bits per heavy atom. The fraction of sp³-hybridized carbons (Fsp3) is 0.308. The van der Waals surface area contributed by atoms with Gasteiger partial charge in [0.25, 0.3) is 10.0 Å². The van der Waals surface area contributed by atoms with Gasteiger partial charge in [-0.05, 0) is 80.4 Å². The highest BCUT2D eigenvalue weighted by atomic mass is 32.2. The smallest absolute Gasteiger partial charge is 0.264 e. The lowest BCUT2D eigenvalue weighted by Crippen LogP contribution is -2.32. The molecule has 3 aromatic carbocycles. The molecule has 0 unspecified atom stereocenters. The highest BCUT2D eigenvalue weighted by molar-refractivity contribution is 7.92. The summed E-state index contributed by atoms with van der Waals surface area (Å²) in [5.41, 5.74) is 2.66. The number of nitrogens with zero attached hydrogens (tertiary/aromatic N) is 1. The molecule has 31 heavy (non-hydrogen) atoms. The third-order valence-electron chi connectivity index (χ3n) is 5.20. The van der Waals surface area contributed by atoms with Crippen LogP contribution in [0.4, 0.5) is 5.69 Å². The quantitative estimate of drug-likeness (QED) is 0.333. The van der Waals surface area contributed by atoms with Crippen molar-refractivity contribution >= 4 is 15.7 Å². The van der Waals surface area contributed by atoms with Crippen molar-refractivity contribution in [3.63, 3.8) is 0 Å². The van der Waals surface area contributed by atoms with E-state index in [9.17, 15) is 8.42 Å². The molecule has 3 rings (SSSR count). The van der Waals surface area contributed by atoms with Crippen molar-refractivity contribution in [1.82, 2.24) is 0 Å². The van der Waals surface area contributed by atoms with E-state index in [-0.39, 0.29) is 0 Å². The molecule has 0 saturated carbocycles. The molecule has 0 aliphatic heterocycles. The first-order valence-corrected chi connectivity index (χ1v) is 12.2. The molecule has 4 nitrogen and oxygen atoms in total. The molecule has 0 saturated heterocycles. The number of unbranched alkanes of at least 4 members (excludes halogenated alkanes) is 3. The summed E-state index contributed by atoms with van der Waals surface area (Å²) in [5.74, 6) is 1.42. The largest absolute Gasteiger partial charge is 0.457 e. The molecule has 3 aromatic rings. The second-order valence-corrected chi connectivity index (χ2v) is 9.60. The van der Waals surface area contributed by atoms with Crippen LogP contribution in [0.2, 0.25) is 0 Å². The summed E-state index contributed by atoms with van der Waals surface area (Å²) >= 11 is 0. The van der Waals surface area contributed by atoms with Gasteiger partial charge in [0.2, 0.25) is 0 Å². The number of hydrogen-bond acceptors (Lipinski definition) is 3. The van der Waals surface area contributed by atoms with Gasteiger partial charge in [0.15, 0.2) is 0 Å². The van der Waals surface area contributed by atoms with Gasteiger partial charge in [-0.25, -0.2) is 8.42 Å². The van der Waals surface area contributed by atoms with E-state index in [1.54, 1.807) is 12.1 Å². The second kappa shape index (κ2) is 10.5. The van der Waals surface area contributed by atoms with Crippen molar-refractivity contribution in [3.05, 3.63) is 83.9 Å². The maximum atomic E-state index is 13.4. The topological polar surface area (TPSA) is 46.6 Å². The third-order valence-corrected chi connectivity index (χ3v) is 7.04. The summed E-state index contributed by atoms with van der Waals surface area (Å²) in [7, 11) is -3.65. The first-order chi connectivity index (χ1) is 14.9. The first kappa shape index (κ1) is 22.9. The number of ether oxygens (including phenoxy) is 1. The molecule has 5 heteroatoms. The van der Waals surface area contributed by atoms with E-state index in [1.165, 1.54) is 4.31 Å². The first-order valence-electron chi connectivity index (χ1n) is 10.8. The Morgan fingerprint density at radius 1 is 0.903 bits per heavy atom. The van der Waals surface area contributed by atoms with Gasteiger partial charge in [0.05, 0.1) is 10.6 Å². The lowest BCUT2D eigenvalue weighted by Gasteiger charge is -2.25. The normalized spacial score (nSPS) is 11.3. The number of anilines is 1. The fourth-order valence-corrected chi connectivity index (χ4v) is 4.83. The summed E-state index contributed by atoms with van der Waals surface area (Å²) in [6.45, 7) is 6.51. The van der Waals surface area contributed by atoms with Gasteiger partial charge >= 0.3 is 0 Å². The van der Waals surface area contributed by atoms with Crippen LogP contribution in [0.15, 0.2) is 71.6 Å². The summed E-state index contributed by atoms with van der Waals surface area (Å²) in [4.78, 5) is 0.310. The van der Waals surface area contributed by atoms with Crippen molar-refractivity contribution in [2.24, 2.45) is 0 Å². The van der Waals surface area contributed by atoms with Crippen molar-refractivity contribution < 1.29 is 13.2 Å². The Hall–Kier alpha value is -2.79. The number of sulfonamides is 1. The summed E-state index contributed by atoms with van der Waals surface area (Å²) < 4.78 is 34.3. The van der Waals surface area contributed by atoms with Crippen LogP contribution in [0.3, 0.4) is 0 Å². The zero-order valence-electron chi connectivity index (χ0n) is 18.5. The van der Waals surface area contributed by atoms with E-state index in [1.807, 2.05) is 68.4 Å². The molecule has 0 atom stereocenters. The van der Waals surface area contributed by atoms with E-state index < -0.39 is 10.0 Å². The van der Waals surface area contributed by atoms with Crippen LogP contribution >= 0.6 is 0 Å². The molecule has 0 fully saturated rings. The van der Waals surface area contributed by atoms with Crippen LogP contribution in [0.1, 0.15) is 43.7 Å². The third kappa shape index (κ3) is 5.88. The number of rotatable bonds is 10. The Morgan fingerprint density at radius 3 is 2.26 bits per heavy atom. The van der Waals surface area contributed by atoms with Crippen molar-refractivity contribution in [1.29, 1.82) is 0 Å². The van der Waals surface area contributed by atoms with Gasteiger partial charge in [-0.1, -0.05) is 49.9 Å². The molecular weight excluding hydrogens is 406 g/mol.